The molecule has 3 nitrogen and oxygen atoms in total. The summed E-state index contributed by atoms with van der Waals surface area (Å²) in [5, 5.41) is 3.30. The van der Waals surface area contributed by atoms with Gasteiger partial charge >= 0.3 is 0 Å². The molecule has 1 aromatic rings. The zero-order valence-corrected chi connectivity index (χ0v) is 11.3. The third-order valence-electron chi connectivity index (χ3n) is 3.45. The molecule has 0 aromatic carbocycles. The lowest BCUT2D eigenvalue weighted by Gasteiger charge is -2.15. The Morgan fingerprint density at radius 2 is 2.00 bits per heavy atom. The van der Waals surface area contributed by atoms with Crippen LogP contribution in [-0.2, 0) is 4.74 Å². The van der Waals surface area contributed by atoms with Crippen LogP contribution >= 0.6 is 0 Å². The quantitative estimate of drug-likeness (QED) is 0.639. The van der Waals surface area contributed by atoms with Crippen LogP contribution in [0.15, 0.2) is 18.2 Å². The molecule has 3 heteroatoms. The molecule has 1 aliphatic rings. The van der Waals surface area contributed by atoms with Crippen molar-refractivity contribution in [3.05, 3.63) is 23.9 Å². The van der Waals surface area contributed by atoms with E-state index in [9.17, 15) is 0 Å². The van der Waals surface area contributed by atoms with Gasteiger partial charge in [-0.05, 0) is 31.9 Å². The number of aromatic nitrogens is 1. The number of aryl methyl sites for hydroxylation is 1. The molecular formula is C15H24N2O. The fourth-order valence-electron chi connectivity index (χ4n) is 2.45. The fraction of sp³-hybridized carbons (Fsp3) is 0.667. The Morgan fingerprint density at radius 3 is 2.72 bits per heavy atom. The van der Waals surface area contributed by atoms with Crippen LogP contribution in [0, 0.1) is 6.92 Å². The lowest BCUT2D eigenvalue weighted by Crippen LogP contribution is -2.18. The van der Waals surface area contributed by atoms with E-state index in [1.807, 2.05) is 25.1 Å². The number of rotatable bonds is 5. The Labute approximate surface area is 110 Å². The smallest absolute Gasteiger partial charge is 0.126 e. The summed E-state index contributed by atoms with van der Waals surface area (Å²) in [6, 6.07) is 6.03. The highest BCUT2D eigenvalue weighted by molar-refractivity contribution is 5.34. The number of nitrogens with one attached hydrogen (secondary N) is 1. The lowest BCUT2D eigenvalue weighted by atomic mass is 10.1. The van der Waals surface area contributed by atoms with Crippen LogP contribution in [0.25, 0.3) is 0 Å². The Morgan fingerprint density at radius 1 is 1.22 bits per heavy atom. The molecule has 18 heavy (non-hydrogen) atoms. The van der Waals surface area contributed by atoms with E-state index >= 15 is 0 Å². The molecule has 0 aliphatic heterocycles. The van der Waals surface area contributed by atoms with Crippen LogP contribution < -0.4 is 5.32 Å². The Kier molecular flexibility index (Phi) is 5.46. The SMILES string of the molecule is Cc1cccc(NCCOC2CCCCCC2)n1. The number of ether oxygens (including phenoxy) is 1. The van der Waals surface area contributed by atoms with Crippen molar-refractivity contribution < 1.29 is 4.74 Å². The maximum absolute atomic E-state index is 5.92. The van der Waals surface area contributed by atoms with E-state index in [-0.39, 0.29) is 0 Å². The van der Waals surface area contributed by atoms with Crippen LogP contribution in [-0.4, -0.2) is 24.2 Å². The number of pyridine rings is 1. The van der Waals surface area contributed by atoms with Gasteiger partial charge in [0.2, 0.25) is 0 Å². The molecule has 0 radical (unpaired) electrons. The van der Waals surface area contributed by atoms with Crippen molar-refractivity contribution >= 4 is 5.82 Å². The van der Waals surface area contributed by atoms with Gasteiger partial charge < -0.3 is 10.1 Å². The second-order valence-corrected chi connectivity index (χ2v) is 5.08. The first-order valence-corrected chi connectivity index (χ1v) is 7.14. The van der Waals surface area contributed by atoms with Crippen LogP contribution in [0.2, 0.25) is 0 Å². The van der Waals surface area contributed by atoms with Gasteiger partial charge in [-0.1, -0.05) is 31.7 Å². The maximum atomic E-state index is 5.92. The predicted octanol–water partition coefficient (Wildman–Crippen LogP) is 3.54. The van der Waals surface area contributed by atoms with Crippen LogP contribution in [0.3, 0.4) is 0 Å². The van der Waals surface area contributed by atoms with Crippen molar-refractivity contribution in [1.82, 2.24) is 4.98 Å². The lowest BCUT2D eigenvalue weighted by molar-refractivity contribution is 0.0501. The molecule has 1 N–H and O–H groups in total. The minimum Gasteiger partial charge on any atom is -0.376 e. The topological polar surface area (TPSA) is 34.1 Å². The zero-order valence-electron chi connectivity index (χ0n) is 11.3. The highest BCUT2D eigenvalue weighted by atomic mass is 16.5. The number of hydrogen-bond acceptors (Lipinski definition) is 3. The van der Waals surface area contributed by atoms with Crippen molar-refractivity contribution in [3.8, 4) is 0 Å². The number of anilines is 1. The third kappa shape index (κ3) is 4.65. The highest BCUT2D eigenvalue weighted by Gasteiger charge is 2.11. The highest BCUT2D eigenvalue weighted by Crippen LogP contribution is 2.19. The van der Waals surface area contributed by atoms with E-state index in [1.165, 1.54) is 38.5 Å². The summed E-state index contributed by atoms with van der Waals surface area (Å²) >= 11 is 0. The summed E-state index contributed by atoms with van der Waals surface area (Å²) in [4.78, 5) is 4.41. The van der Waals surface area contributed by atoms with Gasteiger partial charge in [0.1, 0.15) is 5.82 Å². The first-order chi connectivity index (χ1) is 8.84. The molecule has 1 aromatic heterocycles. The molecule has 1 heterocycles. The minimum atomic E-state index is 0.486. The average molecular weight is 248 g/mol. The summed E-state index contributed by atoms with van der Waals surface area (Å²) in [7, 11) is 0. The van der Waals surface area contributed by atoms with Gasteiger partial charge in [0.15, 0.2) is 0 Å². The van der Waals surface area contributed by atoms with Gasteiger partial charge in [-0.25, -0.2) is 4.98 Å². The molecule has 100 valence electrons. The standard InChI is InChI=1S/C15H24N2O/c1-13-7-6-10-15(17-13)16-11-12-18-14-8-4-2-3-5-9-14/h6-7,10,14H,2-5,8-9,11-12H2,1H3,(H,16,17). The summed E-state index contributed by atoms with van der Waals surface area (Å²) < 4.78 is 5.92. The van der Waals surface area contributed by atoms with Crippen molar-refractivity contribution in [2.75, 3.05) is 18.5 Å². The molecular weight excluding hydrogens is 224 g/mol. The van der Waals surface area contributed by atoms with E-state index in [1.54, 1.807) is 0 Å². The largest absolute Gasteiger partial charge is 0.376 e. The monoisotopic (exact) mass is 248 g/mol. The second-order valence-electron chi connectivity index (χ2n) is 5.08. The first kappa shape index (κ1) is 13.3. The Hall–Kier alpha value is -1.09. The molecule has 2 rings (SSSR count). The predicted molar refractivity (Wildman–Crippen MR) is 74.9 cm³/mol. The molecule has 0 saturated heterocycles. The summed E-state index contributed by atoms with van der Waals surface area (Å²) in [6.07, 6.45) is 8.39. The van der Waals surface area contributed by atoms with Gasteiger partial charge in [-0.2, -0.15) is 0 Å². The molecule has 0 spiro atoms. The van der Waals surface area contributed by atoms with Gasteiger partial charge in [0.25, 0.3) is 0 Å². The third-order valence-corrected chi connectivity index (χ3v) is 3.45. The van der Waals surface area contributed by atoms with E-state index < -0.39 is 0 Å². The Bertz CT molecular complexity index is 346. The normalized spacial score (nSPS) is 17.4. The molecule has 0 unspecified atom stereocenters. The fourth-order valence-corrected chi connectivity index (χ4v) is 2.45. The molecule has 1 aliphatic carbocycles. The van der Waals surface area contributed by atoms with Gasteiger partial charge in [-0.15, -0.1) is 0 Å². The van der Waals surface area contributed by atoms with E-state index in [4.69, 9.17) is 4.74 Å². The van der Waals surface area contributed by atoms with Crippen molar-refractivity contribution in [3.63, 3.8) is 0 Å². The van der Waals surface area contributed by atoms with Gasteiger partial charge in [0, 0.05) is 12.2 Å². The summed E-state index contributed by atoms with van der Waals surface area (Å²) in [5.41, 5.74) is 1.05. The maximum Gasteiger partial charge on any atom is 0.126 e. The molecule has 0 bridgehead atoms. The van der Waals surface area contributed by atoms with Gasteiger partial charge in [0.05, 0.1) is 12.7 Å². The number of nitrogens with zero attached hydrogens (tertiary/aromatic N) is 1. The average Bonchev–Trinajstić information content (AvgIpc) is 2.63. The first-order valence-electron chi connectivity index (χ1n) is 7.14. The minimum absolute atomic E-state index is 0.486. The second kappa shape index (κ2) is 7.37. The van der Waals surface area contributed by atoms with Gasteiger partial charge in [-0.3, -0.25) is 0 Å². The van der Waals surface area contributed by atoms with Crippen molar-refractivity contribution in [1.29, 1.82) is 0 Å². The van der Waals surface area contributed by atoms with Crippen LogP contribution in [0.5, 0.6) is 0 Å². The van der Waals surface area contributed by atoms with Crippen LogP contribution in [0.1, 0.15) is 44.2 Å². The van der Waals surface area contributed by atoms with E-state index in [2.05, 4.69) is 10.3 Å². The van der Waals surface area contributed by atoms with E-state index in [0.717, 1.165) is 24.7 Å². The molecule has 0 atom stereocenters. The van der Waals surface area contributed by atoms with Crippen molar-refractivity contribution in [2.24, 2.45) is 0 Å². The molecule has 1 saturated carbocycles. The molecule has 0 amide bonds. The Balaban J connectivity index is 1.63. The van der Waals surface area contributed by atoms with E-state index in [0.29, 0.717) is 6.10 Å². The van der Waals surface area contributed by atoms with Crippen LogP contribution in [0.4, 0.5) is 5.82 Å². The summed E-state index contributed by atoms with van der Waals surface area (Å²) in [6.45, 7) is 3.63. The zero-order chi connectivity index (χ0) is 12.6. The van der Waals surface area contributed by atoms with Crippen molar-refractivity contribution in [2.45, 2.75) is 51.6 Å². The number of hydrogen-bond donors (Lipinski definition) is 1. The summed E-state index contributed by atoms with van der Waals surface area (Å²) in [5.74, 6) is 0.944. The molecule has 1 fully saturated rings.